The van der Waals surface area contributed by atoms with E-state index in [9.17, 15) is 10.1 Å². The van der Waals surface area contributed by atoms with E-state index >= 15 is 0 Å². The summed E-state index contributed by atoms with van der Waals surface area (Å²) in [5.41, 5.74) is 5.99. The van der Waals surface area contributed by atoms with Gasteiger partial charge in [-0.05, 0) is 12.8 Å². The van der Waals surface area contributed by atoms with Crippen molar-refractivity contribution < 1.29 is 9.53 Å². The number of carbonyl (C=O) groups is 1. The maximum atomic E-state index is 11.0. The van der Waals surface area contributed by atoms with Gasteiger partial charge in [-0.2, -0.15) is 10.4 Å². The third-order valence-corrected chi connectivity index (χ3v) is 3.82. The molecule has 0 bridgehead atoms. The molecule has 10 nitrogen and oxygen atoms in total. The van der Waals surface area contributed by atoms with E-state index < -0.39 is 6.09 Å². The summed E-state index contributed by atoms with van der Waals surface area (Å²) in [4.78, 5) is 21.6. The van der Waals surface area contributed by atoms with E-state index in [2.05, 4.69) is 20.4 Å². The van der Waals surface area contributed by atoms with Crippen LogP contribution in [-0.4, -0.2) is 45.0 Å². The van der Waals surface area contributed by atoms with Crippen LogP contribution in [0.3, 0.4) is 0 Å². The summed E-state index contributed by atoms with van der Waals surface area (Å²) in [5.74, 6) is 0.953. The number of primary amides is 1. The molecule has 1 atom stereocenters. The average molecular weight is 342 g/mol. The Morgan fingerprint density at radius 1 is 1.52 bits per heavy atom. The van der Waals surface area contributed by atoms with Crippen molar-refractivity contribution in [2.45, 2.75) is 18.9 Å². The van der Waals surface area contributed by atoms with Crippen molar-refractivity contribution in [3.63, 3.8) is 0 Å². The van der Waals surface area contributed by atoms with Crippen LogP contribution < -0.4 is 16.0 Å². The Morgan fingerprint density at radius 2 is 2.36 bits per heavy atom. The van der Waals surface area contributed by atoms with Crippen molar-refractivity contribution >= 4 is 23.4 Å². The van der Waals surface area contributed by atoms with Crippen LogP contribution >= 0.6 is 0 Å². The topological polar surface area (TPSA) is 135 Å². The highest BCUT2D eigenvalue weighted by Gasteiger charge is 2.24. The van der Waals surface area contributed by atoms with Crippen molar-refractivity contribution in [3.8, 4) is 6.07 Å². The summed E-state index contributed by atoms with van der Waals surface area (Å²) in [6, 6.07) is 2.02. The normalized spacial score (nSPS) is 17.0. The second-order valence-corrected chi connectivity index (χ2v) is 5.71. The van der Waals surface area contributed by atoms with Crippen LogP contribution in [0.15, 0.2) is 18.6 Å². The van der Waals surface area contributed by atoms with Crippen molar-refractivity contribution in [2.75, 3.05) is 23.3 Å². The lowest BCUT2D eigenvalue weighted by atomic mass is 10.1. The molecule has 10 heteroatoms. The maximum Gasteiger partial charge on any atom is 0.404 e. The monoisotopic (exact) mass is 342 g/mol. The van der Waals surface area contributed by atoms with Gasteiger partial charge in [0.1, 0.15) is 18.0 Å². The van der Waals surface area contributed by atoms with Gasteiger partial charge < -0.3 is 20.7 Å². The van der Waals surface area contributed by atoms with Crippen molar-refractivity contribution in [1.82, 2.24) is 19.7 Å². The van der Waals surface area contributed by atoms with E-state index in [4.69, 9.17) is 10.5 Å². The molecule has 1 amide bonds. The summed E-state index contributed by atoms with van der Waals surface area (Å²) in [6.45, 7) is 1.24. The van der Waals surface area contributed by atoms with Crippen LogP contribution in [0.4, 0.5) is 22.1 Å². The largest absolute Gasteiger partial charge is 0.445 e. The second kappa shape index (κ2) is 7.04. The van der Waals surface area contributed by atoms with Crippen LogP contribution in [0.1, 0.15) is 18.5 Å². The van der Waals surface area contributed by atoms with Crippen LogP contribution in [0, 0.1) is 11.3 Å². The highest BCUT2D eigenvalue weighted by Crippen LogP contribution is 2.23. The first kappa shape index (κ1) is 16.5. The summed E-state index contributed by atoms with van der Waals surface area (Å²) < 4.78 is 6.73. The Hall–Kier alpha value is -3.35. The van der Waals surface area contributed by atoms with E-state index in [1.54, 1.807) is 30.3 Å². The molecule has 1 aliphatic rings. The van der Waals surface area contributed by atoms with Gasteiger partial charge in [-0.1, -0.05) is 0 Å². The number of aromatic nitrogens is 4. The molecule has 1 unspecified atom stereocenters. The van der Waals surface area contributed by atoms with Crippen LogP contribution in [0.5, 0.6) is 0 Å². The smallest absolute Gasteiger partial charge is 0.404 e. The third-order valence-electron chi connectivity index (χ3n) is 3.82. The molecule has 1 aliphatic heterocycles. The summed E-state index contributed by atoms with van der Waals surface area (Å²) in [5, 5.41) is 16.4. The molecule has 0 aliphatic carbocycles. The minimum atomic E-state index is -0.781. The number of amides is 1. The molecule has 3 rings (SSSR count). The molecule has 3 heterocycles. The number of carbonyl (C=O) groups excluding carboxylic acids is 1. The molecule has 130 valence electrons. The standard InChI is InChI=1S/C15H18N8O2/c1-22-8-10(6-19-22)20-14-12(5-16)18-7-13(21-14)23-4-2-3-11(9-23)25-15(17)24/h6-8,11H,2-4,9H2,1H3,(H2,17,24)(H,20,21). The summed E-state index contributed by atoms with van der Waals surface area (Å²) >= 11 is 0. The number of piperidine rings is 1. The van der Waals surface area contributed by atoms with Gasteiger partial charge in [-0.25, -0.2) is 14.8 Å². The SMILES string of the molecule is Cn1cc(Nc2nc(N3CCCC(OC(N)=O)C3)cnc2C#N)cn1. The number of hydrogen-bond donors (Lipinski definition) is 2. The number of aryl methyl sites for hydroxylation is 1. The van der Waals surface area contributed by atoms with E-state index in [1.165, 1.54) is 0 Å². The van der Waals surface area contributed by atoms with Gasteiger partial charge in [0.2, 0.25) is 0 Å². The quantitative estimate of drug-likeness (QED) is 0.836. The predicted molar refractivity (Wildman–Crippen MR) is 89.1 cm³/mol. The van der Waals surface area contributed by atoms with Crippen molar-refractivity contribution in [2.24, 2.45) is 12.8 Å². The van der Waals surface area contributed by atoms with Crippen LogP contribution in [-0.2, 0) is 11.8 Å². The molecule has 25 heavy (non-hydrogen) atoms. The number of nitrogens with two attached hydrogens (primary N) is 1. The Balaban J connectivity index is 1.81. The van der Waals surface area contributed by atoms with E-state index in [-0.39, 0.29) is 11.8 Å². The Morgan fingerprint density at radius 3 is 3.04 bits per heavy atom. The molecule has 0 spiro atoms. The van der Waals surface area contributed by atoms with Gasteiger partial charge in [-0.3, -0.25) is 4.68 Å². The first-order valence-corrected chi connectivity index (χ1v) is 7.79. The lowest BCUT2D eigenvalue weighted by molar-refractivity contribution is 0.0964. The fourth-order valence-electron chi connectivity index (χ4n) is 2.73. The van der Waals surface area contributed by atoms with Gasteiger partial charge in [0.25, 0.3) is 0 Å². The first-order chi connectivity index (χ1) is 12.0. The van der Waals surface area contributed by atoms with Crippen LogP contribution in [0.25, 0.3) is 0 Å². The Kier molecular flexibility index (Phi) is 4.65. The first-order valence-electron chi connectivity index (χ1n) is 7.79. The zero-order valence-electron chi connectivity index (χ0n) is 13.7. The summed E-state index contributed by atoms with van der Waals surface area (Å²) in [6.07, 6.45) is 5.48. The average Bonchev–Trinajstić information content (AvgIpc) is 2.99. The molecular formula is C15H18N8O2. The molecule has 3 N–H and O–H groups in total. The molecule has 2 aromatic heterocycles. The number of hydrogen-bond acceptors (Lipinski definition) is 8. The molecule has 0 aromatic carbocycles. The molecule has 0 saturated carbocycles. The van der Waals surface area contributed by atoms with E-state index in [0.29, 0.717) is 23.9 Å². The molecule has 2 aromatic rings. The zero-order valence-corrected chi connectivity index (χ0v) is 13.7. The maximum absolute atomic E-state index is 11.0. The number of rotatable bonds is 4. The van der Waals surface area contributed by atoms with E-state index in [1.807, 2.05) is 11.0 Å². The molecule has 1 saturated heterocycles. The fourth-order valence-corrected chi connectivity index (χ4v) is 2.73. The third kappa shape index (κ3) is 3.95. The molecule has 1 fully saturated rings. The van der Waals surface area contributed by atoms with Gasteiger partial charge in [0.05, 0.1) is 24.6 Å². The molecular weight excluding hydrogens is 324 g/mol. The molecule has 0 radical (unpaired) electrons. The fraction of sp³-hybridized carbons (Fsp3) is 0.400. The number of ether oxygens (including phenoxy) is 1. The highest BCUT2D eigenvalue weighted by atomic mass is 16.6. The van der Waals surface area contributed by atoms with E-state index in [0.717, 1.165) is 19.4 Å². The number of anilines is 3. The Bertz CT molecular complexity index is 812. The van der Waals surface area contributed by atoms with Crippen molar-refractivity contribution in [3.05, 3.63) is 24.3 Å². The van der Waals surface area contributed by atoms with Crippen LogP contribution in [0.2, 0.25) is 0 Å². The lowest BCUT2D eigenvalue weighted by Crippen LogP contribution is -2.41. The lowest BCUT2D eigenvalue weighted by Gasteiger charge is -2.32. The van der Waals surface area contributed by atoms with Gasteiger partial charge in [-0.15, -0.1) is 0 Å². The Labute approximate surface area is 144 Å². The minimum absolute atomic E-state index is 0.189. The number of nitriles is 1. The predicted octanol–water partition coefficient (Wildman–Crippen LogP) is 0.889. The highest BCUT2D eigenvalue weighted by molar-refractivity contribution is 5.65. The number of nitrogens with zero attached hydrogens (tertiary/aromatic N) is 6. The zero-order chi connectivity index (χ0) is 17.8. The summed E-state index contributed by atoms with van der Waals surface area (Å²) in [7, 11) is 1.80. The van der Waals surface area contributed by atoms with Crippen molar-refractivity contribution in [1.29, 1.82) is 5.26 Å². The van der Waals surface area contributed by atoms with Gasteiger partial charge >= 0.3 is 6.09 Å². The minimum Gasteiger partial charge on any atom is -0.445 e. The van der Waals surface area contributed by atoms with Gasteiger partial charge in [0.15, 0.2) is 11.5 Å². The second-order valence-electron chi connectivity index (χ2n) is 5.71. The number of nitrogens with one attached hydrogen (secondary N) is 1. The van der Waals surface area contributed by atoms with Gasteiger partial charge in [0, 0.05) is 19.8 Å².